The molecule has 0 radical (unpaired) electrons. The average molecular weight is 267 g/mol. The molecule has 0 aliphatic carbocycles. The number of hydrogen-bond acceptors (Lipinski definition) is 4. The smallest absolute Gasteiger partial charge is 0.317 e. The maximum Gasteiger partial charge on any atom is 0.317 e. The quantitative estimate of drug-likeness (QED) is 0.682. The molecule has 6 nitrogen and oxygen atoms in total. The zero-order valence-corrected chi connectivity index (χ0v) is 10.4. The molecule has 1 heterocycles. The van der Waals surface area contributed by atoms with E-state index in [0.717, 1.165) is 0 Å². The van der Waals surface area contributed by atoms with Crippen LogP contribution in [0.25, 0.3) is 5.69 Å². The molecule has 0 spiro atoms. The Labute approximate surface area is 108 Å². The van der Waals surface area contributed by atoms with E-state index in [-0.39, 0.29) is 5.69 Å². The Kier molecular flexibility index (Phi) is 3.47. The fourth-order valence-electron chi connectivity index (χ4n) is 1.67. The highest BCUT2D eigenvalue weighted by atomic mass is 35.5. The monoisotopic (exact) mass is 266 g/mol. The van der Waals surface area contributed by atoms with Crippen molar-refractivity contribution in [3.8, 4) is 5.69 Å². The summed E-state index contributed by atoms with van der Waals surface area (Å²) in [4.78, 5) is 10.8. The van der Waals surface area contributed by atoms with Crippen LogP contribution < -0.4 is 5.32 Å². The highest BCUT2D eigenvalue weighted by Crippen LogP contribution is 2.31. The van der Waals surface area contributed by atoms with Gasteiger partial charge in [-0.15, -0.1) is 0 Å². The first-order chi connectivity index (χ1) is 8.63. The van der Waals surface area contributed by atoms with E-state index in [2.05, 4.69) is 10.4 Å². The summed E-state index contributed by atoms with van der Waals surface area (Å²) < 4.78 is 1.39. The number of nitro benzene ring substituents is 1. The van der Waals surface area contributed by atoms with Crippen LogP contribution in [0.5, 0.6) is 0 Å². The van der Waals surface area contributed by atoms with Crippen LogP contribution >= 0.6 is 11.6 Å². The fourth-order valence-corrected chi connectivity index (χ4v) is 1.81. The minimum atomic E-state index is -0.428. The molecule has 7 heteroatoms. The average Bonchev–Trinajstić information content (AvgIpc) is 2.75. The number of nitro groups is 1. The predicted octanol–water partition coefficient (Wildman–Crippen LogP) is 2.87. The molecule has 94 valence electrons. The van der Waals surface area contributed by atoms with Gasteiger partial charge in [0.2, 0.25) is 0 Å². The van der Waals surface area contributed by atoms with Crippen LogP contribution in [0.1, 0.15) is 6.92 Å². The molecule has 0 aliphatic rings. The summed E-state index contributed by atoms with van der Waals surface area (Å²) in [7, 11) is 0. The van der Waals surface area contributed by atoms with Crippen LogP contribution in [0.15, 0.2) is 30.6 Å². The van der Waals surface area contributed by atoms with Crippen molar-refractivity contribution in [3.63, 3.8) is 0 Å². The third-order valence-corrected chi connectivity index (χ3v) is 2.56. The standard InChI is InChI=1S/C11H11ClN4O2/c1-2-13-9-4-3-5-10(11(9)16(17)18)15-7-8(12)6-14-15/h3-7,13H,2H2,1H3. The van der Waals surface area contributed by atoms with E-state index < -0.39 is 4.92 Å². The minimum Gasteiger partial charge on any atom is -0.380 e. The topological polar surface area (TPSA) is 73.0 Å². The molecule has 0 unspecified atom stereocenters. The van der Waals surface area contributed by atoms with Gasteiger partial charge in [-0.05, 0) is 19.1 Å². The summed E-state index contributed by atoms with van der Waals surface area (Å²) in [6.07, 6.45) is 2.96. The van der Waals surface area contributed by atoms with Crippen molar-refractivity contribution in [2.45, 2.75) is 6.92 Å². The van der Waals surface area contributed by atoms with E-state index in [1.165, 1.54) is 17.1 Å². The SMILES string of the molecule is CCNc1cccc(-n2cc(Cl)cn2)c1[N+](=O)[O-]. The molecule has 0 atom stereocenters. The zero-order chi connectivity index (χ0) is 13.1. The van der Waals surface area contributed by atoms with E-state index in [0.29, 0.717) is 22.9 Å². The van der Waals surface area contributed by atoms with Gasteiger partial charge in [-0.3, -0.25) is 10.1 Å². The number of aromatic nitrogens is 2. The lowest BCUT2D eigenvalue weighted by atomic mass is 10.2. The summed E-state index contributed by atoms with van der Waals surface area (Å²) >= 11 is 5.77. The summed E-state index contributed by atoms with van der Waals surface area (Å²) in [5.41, 5.74) is 0.830. The van der Waals surface area contributed by atoms with Gasteiger partial charge < -0.3 is 5.32 Å². The Morgan fingerprint density at radius 1 is 1.56 bits per heavy atom. The highest BCUT2D eigenvalue weighted by molar-refractivity contribution is 6.30. The van der Waals surface area contributed by atoms with Crippen molar-refractivity contribution in [3.05, 3.63) is 45.7 Å². The van der Waals surface area contributed by atoms with Crippen LogP contribution in [0.2, 0.25) is 5.02 Å². The first-order valence-corrected chi connectivity index (χ1v) is 5.73. The van der Waals surface area contributed by atoms with Crippen LogP contribution in [0, 0.1) is 10.1 Å². The third-order valence-electron chi connectivity index (χ3n) is 2.36. The number of hydrogen-bond donors (Lipinski definition) is 1. The van der Waals surface area contributed by atoms with Crippen molar-refractivity contribution < 1.29 is 4.92 Å². The molecular formula is C11H11ClN4O2. The van der Waals surface area contributed by atoms with Gasteiger partial charge in [0, 0.05) is 12.7 Å². The van der Waals surface area contributed by atoms with Gasteiger partial charge in [-0.1, -0.05) is 17.7 Å². The lowest BCUT2D eigenvalue weighted by molar-refractivity contribution is -0.383. The van der Waals surface area contributed by atoms with Crippen LogP contribution in [0.4, 0.5) is 11.4 Å². The van der Waals surface area contributed by atoms with Gasteiger partial charge in [0.05, 0.1) is 16.1 Å². The Morgan fingerprint density at radius 3 is 2.89 bits per heavy atom. The second-order valence-corrected chi connectivity index (χ2v) is 4.00. The number of anilines is 1. The van der Waals surface area contributed by atoms with Gasteiger partial charge in [0.1, 0.15) is 11.4 Å². The molecular weight excluding hydrogens is 256 g/mol. The maximum atomic E-state index is 11.2. The molecule has 0 saturated carbocycles. The summed E-state index contributed by atoms with van der Waals surface area (Å²) in [5.74, 6) is 0. The Morgan fingerprint density at radius 2 is 2.33 bits per heavy atom. The number of benzene rings is 1. The third kappa shape index (κ3) is 2.28. The normalized spacial score (nSPS) is 10.3. The highest BCUT2D eigenvalue weighted by Gasteiger charge is 2.21. The summed E-state index contributed by atoms with van der Waals surface area (Å²) in [6.45, 7) is 2.48. The van der Waals surface area contributed by atoms with E-state index in [1.807, 2.05) is 6.92 Å². The number of nitrogens with one attached hydrogen (secondary N) is 1. The first-order valence-electron chi connectivity index (χ1n) is 5.35. The Bertz CT molecular complexity index is 582. The van der Waals surface area contributed by atoms with Crippen LogP contribution in [-0.4, -0.2) is 21.2 Å². The van der Waals surface area contributed by atoms with Gasteiger partial charge in [0.15, 0.2) is 0 Å². The van der Waals surface area contributed by atoms with Crippen molar-refractivity contribution in [1.29, 1.82) is 0 Å². The number of rotatable bonds is 4. The molecule has 0 saturated heterocycles. The predicted molar refractivity (Wildman–Crippen MR) is 69.4 cm³/mol. The van der Waals surface area contributed by atoms with Gasteiger partial charge in [-0.25, -0.2) is 4.68 Å². The molecule has 1 aromatic heterocycles. The fraction of sp³-hybridized carbons (Fsp3) is 0.182. The molecule has 0 fully saturated rings. The molecule has 2 aromatic rings. The summed E-state index contributed by atoms with van der Waals surface area (Å²) in [6, 6.07) is 5.02. The van der Waals surface area contributed by atoms with Crippen molar-refractivity contribution in [1.82, 2.24) is 9.78 Å². The van der Waals surface area contributed by atoms with Crippen molar-refractivity contribution >= 4 is 23.0 Å². The first kappa shape index (κ1) is 12.4. The largest absolute Gasteiger partial charge is 0.380 e. The second-order valence-electron chi connectivity index (χ2n) is 3.56. The Hall–Kier alpha value is -2.08. The van der Waals surface area contributed by atoms with Gasteiger partial charge in [0.25, 0.3) is 0 Å². The molecule has 0 aliphatic heterocycles. The van der Waals surface area contributed by atoms with E-state index in [4.69, 9.17) is 11.6 Å². The minimum absolute atomic E-state index is 0.0147. The van der Waals surface area contributed by atoms with E-state index in [1.54, 1.807) is 18.2 Å². The molecule has 2 rings (SSSR count). The lowest BCUT2D eigenvalue weighted by Gasteiger charge is -2.08. The van der Waals surface area contributed by atoms with Crippen LogP contribution in [-0.2, 0) is 0 Å². The molecule has 0 amide bonds. The van der Waals surface area contributed by atoms with Gasteiger partial charge >= 0.3 is 5.69 Å². The summed E-state index contributed by atoms with van der Waals surface area (Å²) in [5, 5.41) is 18.6. The Balaban J connectivity index is 2.59. The zero-order valence-electron chi connectivity index (χ0n) is 9.63. The van der Waals surface area contributed by atoms with Crippen molar-refractivity contribution in [2.75, 3.05) is 11.9 Å². The lowest BCUT2D eigenvalue weighted by Crippen LogP contribution is -2.06. The molecule has 1 N–H and O–H groups in total. The number of para-hydroxylation sites is 1. The van der Waals surface area contributed by atoms with Gasteiger partial charge in [-0.2, -0.15) is 5.10 Å². The molecule has 1 aromatic carbocycles. The van der Waals surface area contributed by atoms with E-state index >= 15 is 0 Å². The molecule has 18 heavy (non-hydrogen) atoms. The second kappa shape index (κ2) is 5.05. The van der Waals surface area contributed by atoms with Crippen LogP contribution in [0.3, 0.4) is 0 Å². The number of nitrogens with zero attached hydrogens (tertiary/aromatic N) is 3. The number of halogens is 1. The maximum absolute atomic E-state index is 11.2. The van der Waals surface area contributed by atoms with E-state index in [9.17, 15) is 10.1 Å². The van der Waals surface area contributed by atoms with Crippen molar-refractivity contribution in [2.24, 2.45) is 0 Å². The molecule has 0 bridgehead atoms.